The number of piperidine rings is 1. The molecule has 2 heteroatoms. The van der Waals surface area contributed by atoms with Crippen LogP contribution in [0.5, 0.6) is 0 Å². The first kappa shape index (κ1) is 14.8. The fourth-order valence-electron chi connectivity index (χ4n) is 3.48. The van der Waals surface area contributed by atoms with E-state index in [-0.39, 0.29) is 0 Å². The summed E-state index contributed by atoms with van der Waals surface area (Å²) < 4.78 is 0. The molecule has 0 amide bonds. The molecule has 0 spiro atoms. The van der Waals surface area contributed by atoms with Crippen molar-refractivity contribution in [1.82, 2.24) is 10.6 Å². The summed E-state index contributed by atoms with van der Waals surface area (Å²) in [4.78, 5) is 0. The van der Waals surface area contributed by atoms with Crippen LogP contribution in [0.25, 0.3) is 6.08 Å². The Labute approximate surface area is 129 Å². The fraction of sp³-hybridized carbons (Fsp3) is 0.579. The van der Waals surface area contributed by atoms with E-state index >= 15 is 0 Å². The van der Waals surface area contributed by atoms with Crippen molar-refractivity contribution >= 4 is 6.08 Å². The molecule has 114 valence electrons. The average Bonchev–Trinajstić information content (AvgIpc) is 3.25. The van der Waals surface area contributed by atoms with Crippen LogP contribution >= 0.6 is 0 Å². The first-order valence-corrected chi connectivity index (χ1v) is 8.47. The maximum atomic E-state index is 3.88. The van der Waals surface area contributed by atoms with E-state index in [4.69, 9.17) is 0 Å². The van der Waals surface area contributed by atoms with Crippen molar-refractivity contribution in [3.63, 3.8) is 0 Å². The molecule has 1 aliphatic heterocycles. The Morgan fingerprint density at radius 2 is 1.90 bits per heavy atom. The molecule has 1 aromatic rings. The number of nitrogens with one attached hydrogen (secondary N) is 2. The Kier molecular flexibility index (Phi) is 4.77. The fourth-order valence-corrected chi connectivity index (χ4v) is 3.48. The van der Waals surface area contributed by atoms with E-state index in [0.29, 0.717) is 12.0 Å². The molecule has 1 saturated carbocycles. The quantitative estimate of drug-likeness (QED) is 0.865. The zero-order chi connectivity index (χ0) is 14.7. The summed E-state index contributed by atoms with van der Waals surface area (Å²) in [7, 11) is 0. The van der Waals surface area contributed by atoms with Crippen molar-refractivity contribution in [2.75, 3.05) is 13.1 Å². The Hall–Kier alpha value is -1.12. The van der Waals surface area contributed by atoms with Gasteiger partial charge in [-0.05, 0) is 49.8 Å². The van der Waals surface area contributed by atoms with Gasteiger partial charge in [-0.15, -0.1) is 0 Å². The van der Waals surface area contributed by atoms with Crippen LogP contribution in [0.3, 0.4) is 0 Å². The van der Waals surface area contributed by atoms with Gasteiger partial charge in [0, 0.05) is 12.1 Å². The van der Waals surface area contributed by atoms with Crippen LogP contribution in [0.1, 0.15) is 38.7 Å². The third-order valence-corrected chi connectivity index (χ3v) is 4.81. The Balaban J connectivity index is 1.62. The van der Waals surface area contributed by atoms with E-state index in [1.807, 2.05) is 0 Å². The number of benzene rings is 1. The molecule has 1 saturated heterocycles. The SMILES string of the molecule is CC(C)C(=Cc1ccccc1)C1C[C@@H]1NC1CCNCC1. The third-order valence-electron chi connectivity index (χ3n) is 4.81. The molecule has 2 aliphatic rings. The van der Waals surface area contributed by atoms with Crippen LogP contribution in [0.4, 0.5) is 0 Å². The molecule has 0 bridgehead atoms. The molecule has 1 unspecified atom stereocenters. The average molecular weight is 284 g/mol. The third kappa shape index (κ3) is 3.96. The Morgan fingerprint density at radius 1 is 1.19 bits per heavy atom. The monoisotopic (exact) mass is 284 g/mol. The standard InChI is InChI=1S/C19H28N2/c1-14(2)17(12-15-6-4-3-5-7-15)18-13-19(18)21-16-8-10-20-11-9-16/h3-7,12,14,16,18-21H,8-11,13H2,1-2H3/t18?,19-/m0/s1. The second-order valence-corrected chi connectivity index (χ2v) is 6.85. The molecule has 1 aromatic carbocycles. The van der Waals surface area contributed by atoms with E-state index in [9.17, 15) is 0 Å². The van der Waals surface area contributed by atoms with Gasteiger partial charge >= 0.3 is 0 Å². The maximum Gasteiger partial charge on any atom is 0.0142 e. The van der Waals surface area contributed by atoms with Gasteiger partial charge in [-0.25, -0.2) is 0 Å². The zero-order valence-electron chi connectivity index (χ0n) is 13.3. The normalized spacial score (nSPS) is 27.1. The van der Waals surface area contributed by atoms with E-state index in [2.05, 4.69) is 60.9 Å². The summed E-state index contributed by atoms with van der Waals surface area (Å²) >= 11 is 0. The number of rotatable bonds is 5. The highest BCUT2D eigenvalue weighted by Gasteiger charge is 2.41. The Bertz CT molecular complexity index is 472. The summed E-state index contributed by atoms with van der Waals surface area (Å²) in [5.74, 6) is 1.38. The predicted octanol–water partition coefficient (Wildman–Crippen LogP) is 3.46. The lowest BCUT2D eigenvalue weighted by molar-refractivity contribution is 0.380. The van der Waals surface area contributed by atoms with Gasteiger partial charge in [0.1, 0.15) is 0 Å². The molecule has 1 aliphatic carbocycles. The van der Waals surface area contributed by atoms with Gasteiger partial charge in [0.2, 0.25) is 0 Å². The second kappa shape index (κ2) is 6.76. The minimum Gasteiger partial charge on any atom is -0.317 e. The van der Waals surface area contributed by atoms with E-state index in [0.717, 1.165) is 12.0 Å². The van der Waals surface area contributed by atoms with E-state index in [1.165, 1.54) is 37.9 Å². The zero-order valence-corrected chi connectivity index (χ0v) is 13.3. The van der Waals surface area contributed by atoms with E-state index in [1.54, 1.807) is 5.57 Å². The van der Waals surface area contributed by atoms with Crippen LogP contribution < -0.4 is 10.6 Å². The van der Waals surface area contributed by atoms with Crippen molar-refractivity contribution in [2.45, 2.75) is 45.2 Å². The van der Waals surface area contributed by atoms with Crippen molar-refractivity contribution in [3.8, 4) is 0 Å². The lowest BCUT2D eigenvalue weighted by Gasteiger charge is -2.24. The predicted molar refractivity (Wildman–Crippen MR) is 90.2 cm³/mol. The second-order valence-electron chi connectivity index (χ2n) is 6.85. The van der Waals surface area contributed by atoms with Crippen molar-refractivity contribution < 1.29 is 0 Å². The summed E-state index contributed by atoms with van der Waals surface area (Å²) in [5.41, 5.74) is 2.96. The first-order valence-electron chi connectivity index (χ1n) is 8.47. The Morgan fingerprint density at radius 3 is 2.57 bits per heavy atom. The molecule has 3 rings (SSSR count). The highest BCUT2D eigenvalue weighted by molar-refractivity contribution is 5.55. The van der Waals surface area contributed by atoms with Crippen LogP contribution in [0.2, 0.25) is 0 Å². The van der Waals surface area contributed by atoms with Crippen molar-refractivity contribution in [2.24, 2.45) is 11.8 Å². The molecule has 0 radical (unpaired) electrons. The van der Waals surface area contributed by atoms with Crippen molar-refractivity contribution in [1.29, 1.82) is 0 Å². The highest BCUT2D eigenvalue weighted by Crippen LogP contribution is 2.42. The van der Waals surface area contributed by atoms with Crippen LogP contribution in [-0.4, -0.2) is 25.2 Å². The van der Waals surface area contributed by atoms with Crippen LogP contribution in [-0.2, 0) is 0 Å². The summed E-state index contributed by atoms with van der Waals surface area (Å²) in [6, 6.07) is 12.2. The molecular formula is C19H28N2. The smallest absolute Gasteiger partial charge is 0.0142 e. The van der Waals surface area contributed by atoms with Crippen molar-refractivity contribution in [3.05, 3.63) is 41.5 Å². The summed E-state index contributed by atoms with van der Waals surface area (Å²) in [5, 5.41) is 7.33. The van der Waals surface area contributed by atoms with E-state index < -0.39 is 0 Å². The molecule has 0 aromatic heterocycles. The van der Waals surface area contributed by atoms with Gasteiger partial charge in [-0.2, -0.15) is 0 Å². The summed E-state index contributed by atoms with van der Waals surface area (Å²) in [6.07, 6.45) is 6.30. The lowest BCUT2D eigenvalue weighted by atomic mass is 9.95. The number of hydrogen-bond acceptors (Lipinski definition) is 2. The maximum absolute atomic E-state index is 3.88. The molecule has 1 heterocycles. The van der Waals surface area contributed by atoms with Gasteiger partial charge in [-0.1, -0.05) is 55.8 Å². The topological polar surface area (TPSA) is 24.1 Å². The number of hydrogen-bond donors (Lipinski definition) is 2. The highest BCUT2D eigenvalue weighted by atomic mass is 15.0. The summed E-state index contributed by atoms with van der Waals surface area (Å²) in [6.45, 7) is 7.00. The lowest BCUT2D eigenvalue weighted by Crippen LogP contribution is -2.41. The molecule has 2 atom stereocenters. The first-order chi connectivity index (χ1) is 10.2. The van der Waals surface area contributed by atoms with Gasteiger partial charge in [0.15, 0.2) is 0 Å². The van der Waals surface area contributed by atoms with Gasteiger partial charge in [0.05, 0.1) is 0 Å². The molecule has 2 nitrogen and oxygen atoms in total. The van der Waals surface area contributed by atoms with Gasteiger partial charge in [-0.3, -0.25) is 0 Å². The van der Waals surface area contributed by atoms with Crippen LogP contribution in [0, 0.1) is 11.8 Å². The minimum absolute atomic E-state index is 0.634. The largest absolute Gasteiger partial charge is 0.317 e. The minimum atomic E-state index is 0.634. The molecule has 2 N–H and O–H groups in total. The van der Waals surface area contributed by atoms with Crippen LogP contribution in [0.15, 0.2) is 35.9 Å². The molecule has 21 heavy (non-hydrogen) atoms. The molecule has 2 fully saturated rings. The molecular weight excluding hydrogens is 256 g/mol. The van der Waals surface area contributed by atoms with Gasteiger partial charge in [0.25, 0.3) is 0 Å². The van der Waals surface area contributed by atoms with Gasteiger partial charge < -0.3 is 10.6 Å².